The van der Waals surface area contributed by atoms with Crippen LogP contribution in [0.4, 0.5) is 0 Å². The molecule has 1 saturated carbocycles. The quantitative estimate of drug-likeness (QED) is 0.255. The van der Waals surface area contributed by atoms with Gasteiger partial charge < -0.3 is 10.6 Å². The first-order valence-corrected chi connectivity index (χ1v) is 11.0. The van der Waals surface area contributed by atoms with Gasteiger partial charge in [-0.2, -0.15) is 0 Å². The van der Waals surface area contributed by atoms with Gasteiger partial charge in [-0.25, -0.2) is 8.42 Å². The molecule has 1 aliphatic heterocycles. The maximum atomic E-state index is 11.2. The van der Waals surface area contributed by atoms with Gasteiger partial charge in [-0.1, -0.05) is 12.8 Å². The van der Waals surface area contributed by atoms with Crippen LogP contribution in [0.15, 0.2) is 4.99 Å². The standard InChI is InChI=1S/C16H32N4O2S.HI/c1-3-17-16(18-10-6-12-23(2,21)22)19-14-9-11-20(13-14)15-7-4-5-8-15;/h14-15H,3-13H2,1-2H3,(H2,17,18,19);1H. The maximum Gasteiger partial charge on any atom is 0.191 e. The predicted molar refractivity (Wildman–Crippen MR) is 111 cm³/mol. The Bertz CT molecular complexity index is 492. The highest BCUT2D eigenvalue weighted by Gasteiger charge is 2.30. The lowest BCUT2D eigenvalue weighted by molar-refractivity contribution is 0.242. The Kier molecular flexibility index (Phi) is 9.88. The van der Waals surface area contributed by atoms with E-state index in [1.54, 1.807) is 0 Å². The van der Waals surface area contributed by atoms with Crippen molar-refractivity contribution in [2.75, 3.05) is 38.2 Å². The molecule has 1 unspecified atom stereocenters. The fourth-order valence-corrected chi connectivity index (χ4v) is 4.19. The van der Waals surface area contributed by atoms with Crippen molar-refractivity contribution < 1.29 is 8.42 Å². The third kappa shape index (κ3) is 7.86. The molecule has 0 amide bonds. The van der Waals surface area contributed by atoms with Gasteiger partial charge in [-0.05, 0) is 32.6 Å². The number of nitrogens with zero attached hydrogens (tertiary/aromatic N) is 2. The van der Waals surface area contributed by atoms with E-state index in [9.17, 15) is 8.42 Å². The summed E-state index contributed by atoms with van der Waals surface area (Å²) in [7, 11) is -2.89. The van der Waals surface area contributed by atoms with Crippen molar-refractivity contribution in [1.29, 1.82) is 0 Å². The number of rotatable bonds is 7. The smallest absolute Gasteiger partial charge is 0.191 e. The summed E-state index contributed by atoms with van der Waals surface area (Å²) in [5.41, 5.74) is 0. The molecule has 24 heavy (non-hydrogen) atoms. The molecule has 1 atom stereocenters. The monoisotopic (exact) mass is 472 g/mol. The largest absolute Gasteiger partial charge is 0.357 e. The minimum Gasteiger partial charge on any atom is -0.357 e. The molecule has 0 bridgehead atoms. The van der Waals surface area contributed by atoms with Crippen LogP contribution in [0.25, 0.3) is 0 Å². The Hall–Kier alpha value is -0.0900. The molecule has 0 spiro atoms. The number of aliphatic imine (C=N–C) groups is 1. The summed E-state index contributed by atoms with van der Waals surface area (Å²) in [5.74, 6) is 1.02. The predicted octanol–water partition coefficient (Wildman–Crippen LogP) is 1.61. The molecule has 0 aromatic rings. The summed E-state index contributed by atoms with van der Waals surface area (Å²) in [6.45, 7) is 5.68. The molecule has 2 fully saturated rings. The van der Waals surface area contributed by atoms with Crippen LogP contribution in [0, 0.1) is 0 Å². The minimum atomic E-state index is -2.89. The molecule has 1 heterocycles. The summed E-state index contributed by atoms with van der Waals surface area (Å²) < 4.78 is 22.3. The van der Waals surface area contributed by atoms with Crippen LogP contribution in [0.1, 0.15) is 45.4 Å². The van der Waals surface area contributed by atoms with Gasteiger partial charge in [-0.15, -0.1) is 24.0 Å². The molecule has 0 aromatic heterocycles. The Balaban J connectivity index is 0.00000288. The summed E-state index contributed by atoms with van der Waals surface area (Å²) in [6, 6.07) is 1.24. The van der Waals surface area contributed by atoms with Crippen molar-refractivity contribution in [2.45, 2.75) is 57.5 Å². The number of guanidine groups is 1. The summed E-state index contributed by atoms with van der Waals surface area (Å²) in [4.78, 5) is 7.14. The number of sulfone groups is 1. The second-order valence-electron chi connectivity index (χ2n) is 6.81. The van der Waals surface area contributed by atoms with E-state index in [0.717, 1.165) is 31.5 Å². The van der Waals surface area contributed by atoms with Crippen molar-refractivity contribution in [3.8, 4) is 0 Å². The summed E-state index contributed by atoms with van der Waals surface area (Å²) in [5, 5.41) is 6.78. The number of hydrogen-bond donors (Lipinski definition) is 2. The zero-order valence-corrected chi connectivity index (χ0v) is 18.1. The number of nitrogens with one attached hydrogen (secondary N) is 2. The third-order valence-electron chi connectivity index (χ3n) is 4.69. The number of halogens is 1. The first-order chi connectivity index (χ1) is 11.0. The summed E-state index contributed by atoms with van der Waals surface area (Å²) in [6.07, 6.45) is 8.47. The van der Waals surface area contributed by atoms with Crippen LogP contribution in [-0.4, -0.2) is 69.5 Å². The average molecular weight is 472 g/mol. The van der Waals surface area contributed by atoms with Crippen molar-refractivity contribution in [2.24, 2.45) is 4.99 Å². The SMILES string of the molecule is CCNC(=NCCCS(C)(=O)=O)NC1CCN(C2CCCC2)C1.I. The van der Waals surface area contributed by atoms with E-state index in [1.165, 1.54) is 38.5 Å². The second-order valence-corrected chi connectivity index (χ2v) is 9.07. The van der Waals surface area contributed by atoms with E-state index in [2.05, 4.69) is 20.5 Å². The van der Waals surface area contributed by atoms with Gasteiger partial charge in [0.05, 0.1) is 5.75 Å². The molecular weight excluding hydrogens is 439 g/mol. The van der Waals surface area contributed by atoms with Gasteiger partial charge in [0.15, 0.2) is 5.96 Å². The van der Waals surface area contributed by atoms with Crippen LogP contribution in [-0.2, 0) is 9.84 Å². The lowest BCUT2D eigenvalue weighted by atomic mass is 10.2. The molecule has 2 rings (SSSR count). The van der Waals surface area contributed by atoms with E-state index >= 15 is 0 Å². The zero-order valence-electron chi connectivity index (χ0n) is 15.0. The molecule has 1 saturated heterocycles. The van der Waals surface area contributed by atoms with Gasteiger partial charge in [-0.3, -0.25) is 9.89 Å². The lowest BCUT2D eigenvalue weighted by Gasteiger charge is -2.24. The normalized spacial score (nSPS) is 23.2. The van der Waals surface area contributed by atoms with Crippen molar-refractivity contribution in [3.05, 3.63) is 0 Å². The molecule has 8 heteroatoms. The topological polar surface area (TPSA) is 73.8 Å². The molecule has 0 aromatic carbocycles. The van der Waals surface area contributed by atoms with E-state index in [1.807, 2.05) is 6.92 Å². The molecular formula is C16H33IN4O2S. The van der Waals surface area contributed by atoms with Crippen molar-refractivity contribution >= 4 is 39.8 Å². The second kappa shape index (κ2) is 10.8. The highest BCUT2D eigenvalue weighted by atomic mass is 127. The molecule has 0 radical (unpaired) electrons. The van der Waals surface area contributed by atoms with Gasteiger partial charge in [0, 0.05) is 44.5 Å². The Labute approximate surface area is 164 Å². The molecule has 6 nitrogen and oxygen atoms in total. The van der Waals surface area contributed by atoms with Crippen LogP contribution < -0.4 is 10.6 Å². The van der Waals surface area contributed by atoms with E-state index in [-0.39, 0.29) is 29.7 Å². The fourth-order valence-electron chi connectivity index (χ4n) is 3.54. The van der Waals surface area contributed by atoms with E-state index < -0.39 is 9.84 Å². The third-order valence-corrected chi connectivity index (χ3v) is 5.72. The van der Waals surface area contributed by atoms with Gasteiger partial charge in [0.1, 0.15) is 9.84 Å². The highest BCUT2D eigenvalue weighted by molar-refractivity contribution is 14.0. The first kappa shape index (κ1) is 22.0. The first-order valence-electron chi connectivity index (χ1n) is 8.94. The van der Waals surface area contributed by atoms with E-state index in [0.29, 0.717) is 19.0 Å². The average Bonchev–Trinajstić information content (AvgIpc) is 3.13. The Morgan fingerprint density at radius 1 is 1.25 bits per heavy atom. The fraction of sp³-hybridized carbons (Fsp3) is 0.938. The number of likely N-dealkylation sites (tertiary alicyclic amines) is 1. The highest BCUT2D eigenvalue weighted by Crippen LogP contribution is 2.26. The van der Waals surface area contributed by atoms with E-state index in [4.69, 9.17) is 0 Å². The molecule has 1 aliphatic carbocycles. The maximum absolute atomic E-state index is 11.2. The van der Waals surface area contributed by atoms with Crippen LogP contribution in [0.3, 0.4) is 0 Å². The molecule has 142 valence electrons. The van der Waals surface area contributed by atoms with Crippen LogP contribution in [0.5, 0.6) is 0 Å². The molecule has 2 N–H and O–H groups in total. The Morgan fingerprint density at radius 2 is 1.96 bits per heavy atom. The van der Waals surface area contributed by atoms with Crippen molar-refractivity contribution in [1.82, 2.24) is 15.5 Å². The zero-order chi connectivity index (χ0) is 16.7. The van der Waals surface area contributed by atoms with Gasteiger partial charge in [0.2, 0.25) is 0 Å². The number of hydrogen-bond acceptors (Lipinski definition) is 4. The lowest BCUT2D eigenvalue weighted by Crippen LogP contribution is -2.45. The van der Waals surface area contributed by atoms with Gasteiger partial charge in [0.25, 0.3) is 0 Å². The Morgan fingerprint density at radius 3 is 2.58 bits per heavy atom. The van der Waals surface area contributed by atoms with Gasteiger partial charge >= 0.3 is 0 Å². The minimum absolute atomic E-state index is 0. The molecule has 2 aliphatic rings. The summed E-state index contributed by atoms with van der Waals surface area (Å²) >= 11 is 0. The van der Waals surface area contributed by atoms with Crippen LogP contribution in [0.2, 0.25) is 0 Å². The van der Waals surface area contributed by atoms with Crippen LogP contribution >= 0.6 is 24.0 Å². The van der Waals surface area contributed by atoms with Crippen molar-refractivity contribution in [3.63, 3.8) is 0 Å².